The van der Waals surface area contributed by atoms with Gasteiger partial charge in [-0.25, -0.2) is 0 Å². The highest BCUT2D eigenvalue weighted by Gasteiger charge is 2.16. The van der Waals surface area contributed by atoms with Gasteiger partial charge in [0.05, 0.1) is 12.7 Å². The van der Waals surface area contributed by atoms with Gasteiger partial charge in [0.15, 0.2) is 11.0 Å². The number of nitrogens with zero attached hydrogens (tertiary/aromatic N) is 3. The molecule has 26 heavy (non-hydrogen) atoms. The largest absolute Gasteiger partial charge is 0.496 e. The summed E-state index contributed by atoms with van der Waals surface area (Å²) < 4.78 is 7.57. The zero-order valence-electron chi connectivity index (χ0n) is 15.0. The second-order valence-electron chi connectivity index (χ2n) is 5.84. The van der Waals surface area contributed by atoms with Crippen molar-refractivity contribution in [1.82, 2.24) is 14.8 Å². The maximum Gasteiger partial charge on any atom is 0.191 e. The number of para-hydroxylation sites is 1. The first-order chi connectivity index (χ1) is 12.8. The Hall–Kier alpha value is -2.53. The molecule has 0 amide bonds. The van der Waals surface area contributed by atoms with Gasteiger partial charge >= 0.3 is 0 Å². The van der Waals surface area contributed by atoms with Crippen LogP contribution in [0.2, 0.25) is 0 Å². The molecule has 0 saturated carbocycles. The van der Waals surface area contributed by atoms with Crippen molar-refractivity contribution in [3.8, 4) is 17.1 Å². The summed E-state index contributed by atoms with van der Waals surface area (Å²) in [7, 11) is 1.67. The van der Waals surface area contributed by atoms with Crippen LogP contribution in [0.3, 0.4) is 0 Å². The van der Waals surface area contributed by atoms with E-state index in [2.05, 4.69) is 51.7 Å². The molecule has 0 bridgehead atoms. The van der Waals surface area contributed by atoms with E-state index in [4.69, 9.17) is 4.74 Å². The van der Waals surface area contributed by atoms with E-state index in [1.54, 1.807) is 18.9 Å². The quantitative estimate of drug-likeness (QED) is 0.308. The molecule has 0 fully saturated rings. The summed E-state index contributed by atoms with van der Waals surface area (Å²) in [6.07, 6.45) is 4.04. The van der Waals surface area contributed by atoms with Crippen molar-refractivity contribution >= 4 is 11.8 Å². The number of methoxy groups -OCH3 is 1. The second-order valence-corrected chi connectivity index (χ2v) is 6.91. The number of allylic oxidation sites excluding steroid dienone is 1. The van der Waals surface area contributed by atoms with E-state index in [0.29, 0.717) is 6.54 Å². The fourth-order valence-electron chi connectivity index (χ4n) is 2.80. The van der Waals surface area contributed by atoms with Crippen LogP contribution >= 0.6 is 11.8 Å². The third-order valence-corrected chi connectivity index (χ3v) is 5.11. The average molecular weight is 366 g/mol. The van der Waals surface area contributed by atoms with Crippen LogP contribution in [0.25, 0.3) is 11.4 Å². The molecule has 4 nitrogen and oxygen atoms in total. The third kappa shape index (κ3) is 4.35. The summed E-state index contributed by atoms with van der Waals surface area (Å²) in [5, 5.41) is 9.73. The van der Waals surface area contributed by atoms with Crippen LogP contribution in [-0.2, 0) is 13.0 Å². The van der Waals surface area contributed by atoms with Crippen molar-refractivity contribution in [2.24, 2.45) is 0 Å². The molecule has 0 aliphatic heterocycles. The summed E-state index contributed by atoms with van der Waals surface area (Å²) in [5.74, 6) is 2.61. The molecule has 0 aliphatic rings. The Labute approximate surface area is 158 Å². The Morgan fingerprint density at radius 3 is 2.62 bits per heavy atom. The molecule has 0 unspecified atom stereocenters. The van der Waals surface area contributed by atoms with Gasteiger partial charge in [-0.1, -0.05) is 60.3 Å². The minimum Gasteiger partial charge on any atom is -0.496 e. The Balaban J connectivity index is 1.72. The minimum absolute atomic E-state index is 0.668. The predicted octanol–water partition coefficient (Wildman–Crippen LogP) is 4.86. The lowest BCUT2D eigenvalue weighted by Gasteiger charge is -2.10. The van der Waals surface area contributed by atoms with Crippen LogP contribution < -0.4 is 4.74 Å². The number of aryl methyl sites for hydroxylation is 1. The summed E-state index contributed by atoms with van der Waals surface area (Å²) in [4.78, 5) is 0. The number of benzene rings is 2. The van der Waals surface area contributed by atoms with E-state index < -0.39 is 0 Å². The summed E-state index contributed by atoms with van der Waals surface area (Å²) in [6.45, 7) is 4.54. The van der Waals surface area contributed by atoms with Gasteiger partial charge in [0.2, 0.25) is 0 Å². The first kappa shape index (κ1) is 18.3. The van der Waals surface area contributed by atoms with Gasteiger partial charge < -0.3 is 4.74 Å². The topological polar surface area (TPSA) is 39.9 Å². The zero-order chi connectivity index (χ0) is 18.2. The molecule has 0 N–H and O–H groups in total. The van der Waals surface area contributed by atoms with Gasteiger partial charge in [-0.15, -0.1) is 16.8 Å². The monoisotopic (exact) mass is 365 g/mol. The van der Waals surface area contributed by atoms with Crippen molar-refractivity contribution < 1.29 is 4.74 Å². The molecule has 2 aromatic carbocycles. The molecule has 134 valence electrons. The first-order valence-corrected chi connectivity index (χ1v) is 9.66. The molecule has 0 saturated heterocycles. The van der Waals surface area contributed by atoms with E-state index in [0.717, 1.165) is 40.9 Å². The molecule has 1 heterocycles. The molecule has 3 aromatic rings. The Morgan fingerprint density at radius 2 is 1.85 bits per heavy atom. The van der Waals surface area contributed by atoms with Gasteiger partial charge in [-0.2, -0.15) is 0 Å². The maximum absolute atomic E-state index is 5.48. The predicted molar refractivity (Wildman–Crippen MR) is 108 cm³/mol. The first-order valence-electron chi connectivity index (χ1n) is 8.67. The molecular formula is C21H23N3OS. The molecule has 5 heteroatoms. The zero-order valence-corrected chi connectivity index (χ0v) is 15.8. The minimum atomic E-state index is 0.668. The van der Waals surface area contributed by atoms with Gasteiger partial charge in [0.1, 0.15) is 5.75 Å². The van der Waals surface area contributed by atoms with Crippen LogP contribution in [-0.4, -0.2) is 27.6 Å². The lowest BCUT2D eigenvalue weighted by Crippen LogP contribution is -2.02. The van der Waals surface area contributed by atoms with Crippen molar-refractivity contribution in [2.45, 2.75) is 24.5 Å². The van der Waals surface area contributed by atoms with Gasteiger partial charge in [0, 0.05) is 12.3 Å². The Morgan fingerprint density at radius 1 is 1.08 bits per heavy atom. The molecule has 3 rings (SSSR count). The SMILES string of the molecule is C=CCn1c(SCCCc2ccccc2)nnc1-c1ccccc1OC. The number of thioether (sulfide) groups is 1. The number of hydrogen-bond acceptors (Lipinski definition) is 4. The summed E-state index contributed by atoms with van der Waals surface area (Å²) in [5.41, 5.74) is 2.32. The fourth-order valence-corrected chi connectivity index (χ4v) is 3.69. The summed E-state index contributed by atoms with van der Waals surface area (Å²) >= 11 is 1.74. The number of ether oxygens (including phenoxy) is 1. The number of aromatic nitrogens is 3. The van der Waals surface area contributed by atoms with Crippen LogP contribution in [0.5, 0.6) is 5.75 Å². The number of hydrogen-bond donors (Lipinski definition) is 0. The number of rotatable bonds is 9. The Kier molecular flexibility index (Phi) is 6.50. The molecule has 0 spiro atoms. The lowest BCUT2D eigenvalue weighted by atomic mass is 10.1. The average Bonchev–Trinajstić information content (AvgIpc) is 3.09. The highest BCUT2D eigenvalue weighted by Crippen LogP contribution is 2.31. The molecule has 0 atom stereocenters. The van der Waals surface area contributed by atoms with Crippen LogP contribution in [0, 0.1) is 0 Å². The summed E-state index contributed by atoms with van der Waals surface area (Å²) in [6, 6.07) is 18.4. The van der Waals surface area contributed by atoms with Crippen molar-refractivity contribution in [3.05, 3.63) is 72.8 Å². The Bertz CT molecular complexity index is 845. The molecule has 0 radical (unpaired) electrons. The smallest absolute Gasteiger partial charge is 0.191 e. The standard InChI is InChI=1S/C21H23N3OS/c1-3-15-24-20(18-13-7-8-14-19(18)25-2)22-23-21(24)26-16-9-12-17-10-5-4-6-11-17/h3-8,10-11,13-14H,1,9,12,15-16H2,2H3. The van der Waals surface area contributed by atoms with Crippen LogP contribution in [0.1, 0.15) is 12.0 Å². The van der Waals surface area contributed by atoms with E-state index in [9.17, 15) is 0 Å². The van der Waals surface area contributed by atoms with E-state index in [1.165, 1.54) is 5.56 Å². The third-order valence-electron chi connectivity index (χ3n) is 4.06. The van der Waals surface area contributed by atoms with E-state index in [1.807, 2.05) is 30.3 Å². The van der Waals surface area contributed by atoms with Gasteiger partial charge in [0.25, 0.3) is 0 Å². The van der Waals surface area contributed by atoms with E-state index in [-0.39, 0.29) is 0 Å². The molecule has 1 aromatic heterocycles. The van der Waals surface area contributed by atoms with Gasteiger partial charge in [-0.05, 0) is 30.5 Å². The maximum atomic E-state index is 5.48. The molecular weight excluding hydrogens is 342 g/mol. The highest BCUT2D eigenvalue weighted by atomic mass is 32.2. The fraction of sp³-hybridized carbons (Fsp3) is 0.238. The second kappa shape index (κ2) is 9.25. The molecule has 0 aliphatic carbocycles. The lowest BCUT2D eigenvalue weighted by molar-refractivity contribution is 0.416. The van der Waals surface area contributed by atoms with Gasteiger partial charge in [-0.3, -0.25) is 4.57 Å². The van der Waals surface area contributed by atoms with E-state index >= 15 is 0 Å². The van der Waals surface area contributed by atoms with Crippen LogP contribution in [0.15, 0.2) is 72.4 Å². The highest BCUT2D eigenvalue weighted by molar-refractivity contribution is 7.99. The van der Waals surface area contributed by atoms with Crippen LogP contribution in [0.4, 0.5) is 0 Å². The van der Waals surface area contributed by atoms with Crippen molar-refractivity contribution in [1.29, 1.82) is 0 Å². The normalized spacial score (nSPS) is 10.7. The van der Waals surface area contributed by atoms with Crippen molar-refractivity contribution in [2.75, 3.05) is 12.9 Å². The van der Waals surface area contributed by atoms with Crippen molar-refractivity contribution in [3.63, 3.8) is 0 Å².